The highest BCUT2D eigenvalue weighted by Gasteiger charge is 2.34. The Kier molecular flexibility index (Phi) is 4.27. The standard InChI is InChI=1S/C11H19NO2.ClH/c13-11(14)10-6-9(7-12-10)8-4-2-1-3-5-8;/h8-10,12H,1-7H2,(H,13,14);1H/t9-,10+;/m1./s1/i8D;. The number of carboxylic acid groups (broad SMARTS) is 1. The van der Waals surface area contributed by atoms with Crippen LogP contribution in [0.4, 0.5) is 0 Å². The molecule has 1 heterocycles. The van der Waals surface area contributed by atoms with E-state index in [2.05, 4.69) is 5.32 Å². The second-order valence-corrected chi connectivity index (χ2v) is 4.45. The molecule has 3 nitrogen and oxygen atoms in total. The van der Waals surface area contributed by atoms with Crippen LogP contribution in [0.2, 0.25) is 0 Å². The van der Waals surface area contributed by atoms with Crippen LogP contribution in [0.5, 0.6) is 0 Å². The molecule has 0 aromatic rings. The average Bonchev–Trinajstić information content (AvgIpc) is 2.68. The van der Waals surface area contributed by atoms with Gasteiger partial charge in [0, 0.05) is 1.37 Å². The zero-order chi connectivity index (χ0) is 10.9. The van der Waals surface area contributed by atoms with Gasteiger partial charge in [-0.1, -0.05) is 32.1 Å². The highest BCUT2D eigenvalue weighted by atomic mass is 35.5. The van der Waals surface area contributed by atoms with Gasteiger partial charge in [-0.2, -0.15) is 0 Å². The van der Waals surface area contributed by atoms with E-state index >= 15 is 0 Å². The van der Waals surface area contributed by atoms with Crippen LogP contribution in [0, 0.1) is 11.8 Å². The van der Waals surface area contributed by atoms with Crippen molar-refractivity contribution in [1.29, 1.82) is 0 Å². The first-order chi connectivity index (χ1) is 7.12. The maximum atomic E-state index is 10.8. The van der Waals surface area contributed by atoms with Crippen molar-refractivity contribution in [2.75, 3.05) is 6.54 Å². The number of carboxylic acids is 1. The van der Waals surface area contributed by atoms with Gasteiger partial charge in [-0.25, -0.2) is 0 Å². The summed E-state index contributed by atoms with van der Waals surface area (Å²) in [6.45, 7) is 0.709. The summed E-state index contributed by atoms with van der Waals surface area (Å²) < 4.78 is 8.42. The van der Waals surface area contributed by atoms with Crippen molar-refractivity contribution in [3.63, 3.8) is 0 Å². The van der Waals surface area contributed by atoms with Gasteiger partial charge in [0.1, 0.15) is 6.04 Å². The second-order valence-electron chi connectivity index (χ2n) is 4.45. The lowest BCUT2D eigenvalue weighted by molar-refractivity contribution is -0.139. The first-order valence-corrected chi connectivity index (χ1v) is 5.58. The molecule has 0 unspecified atom stereocenters. The molecule has 0 bridgehead atoms. The number of nitrogens with one attached hydrogen (secondary N) is 1. The molecule has 1 saturated heterocycles. The maximum Gasteiger partial charge on any atom is 0.320 e. The Hall–Kier alpha value is -0.280. The summed E-state index contributed by atoms with van der Waals surface area (Å²) in [6.07, 6.45) is 6.05. The van der Waals surface area contributed by atoms with Gasteiger partial charge in [-0.3, -0.25) is 4.79 Å². The first-order valence-electron chi connectivity index (χ1n) is 6.08. The summed E-state index contributed by atoms with van der Waals surface area (Å²) in [5.74, 6) is -0.883. The molecule has 88 valence electrons. The van der Waals surface area contributed by atoms with Crippen molar-refractivity contribution < 1.29 is 11.3 Å². The third-order valence-corrected chi connectivity index (χ3v) is 3.50. The summed E-state index contributed by atoms with van der Waals surface area (Å²) in [5.41, 5.74) is 0. The molecule has 0 spiro atoms. The number of carbonyl (C=O) groups is 1. The smallest absolute Gasteiger partial charge is 0.320 e. The molecule has 1 aliphatic heterocycles. The summed E-state index contributed by atoms with van der Waals surface area (Å²) >= 11 is 0. The van der Waals surface area contributed by atoms with Crippen LogP contribution >= 0.6 is 12.4 Å². The van der Waals surface area contributed by atoms with E-state index in [9.17, 15) is 4.79 Å². The molecule has 1 saturated carbocycles. The molecule has 2 aliphatic rings. The lowest BCUT2D eigenvalue weighted by Crippen LogP contribution is -2.29. The molecular formula is C11H20ClNO2. The lowest BCUT2D eigenvalue weighted by Gasteiger charge is -2.26. The van der Waals surface area contributed by atoms with Crippen LogP contribution in [-0.2, 0) is 4.79 Å². The number of halogens is 1. The Morgan fingerprint density at radius 3 is 2.53 bits per heavy atom. The van der Waals surface area contributed by atoms with Crippen molar-refractivity contribution in [1.82, 2.24) is 5.32 Å². The zero-order valence-corrected chi connectivity index (χ0v) is 9.68. The average molecular weight is 235 g/mol. The van der Waals surface area contributed by atoms with Gasteiger partial charge in [0.05, 0.1) is 0 Å². The minimum absolute atomic E-state index is 0. The molecule has 1 aliphatic carbocycles. The van der Waals surface area contributed by atoms with Gasteiger partial charge in [0.25, 0.3) is 0 Å². The van der Waals surface area contributed by atoms with Crippen LogP contribution in [0.25, 0.3) is 0 Å². The first kappa shape index (κ1) is 11.2. The third-order valence-electron chi connectivity index (χ3n) is 3.50. The molecule has 2 N–H and O–H groups in total. The van der Waals surface area contributed by atoms with Gasteiger partial charge in [0.15, 0.2) is 0 Å². The molecule has 0 aromatic heterocycles. The van der Waals surface area contributed by atoms with E-state index in [4.69, 9.17) is 6.48 Å². The summed E-state index contributed by atoms with van der Waals surface area (Å²) in [7, 11) is 0. The Morgan fingerprint density at radius 1 is 1.33 bits per heavy atom. The fourth-order valence-electron chi connectivity index (χ4n) is 2.65. The quantitative estimate of drug-likeness (QED) is 0.769. The molecule has 0 aromatic carbocycles. The normalized spacial score (nSPS) is 35.3. The van der Waals surface area contributed by atoms with Crippen LogP contribution < -0.4 is 5.32 Å². The van der Waals surface area contributed by atoms with Gasteiger partial charge < -0.3 is 10.4 Å². The van der Waals surface area contributed by atoms with Crippen molar-refractivity contribution in [2.45, 2.75) is 44.6 Å². The summed E-state index contributed by atoms with van der Waals surface area (Å²) in [6, 6.07) is -0.417. The molecule has 4 heteroatoms. The third kappa shape index (κ3) is 3.08. The number of hydrogen-bond acceptors (Lipinski definition) is 2. The van der Waals surface area contributed by atoms with Crippen molar-refractivity contribution in [2.24, 2.45) is 11.8 Å². The zero-order valence-electron chi connectivity index (χ0n) is 9.87. The number of hydrogen-bond donors (Lipinski definition) is 2. The molecular weight excluding hydrogens is 214 g/mol. The van der Waals surface area contributed by atoms with Crippen molar-refractivity contribution in [3.05, 3.63) is 0 Å². The van der Waals surface area contributed by atoms with E-state index in [1.165, 1.54) is 6.42 Å². The molecule has 2 fully saturated rings. The summed E-state index contributed by atoms with van der Waals surface area (Å²) in [5, 5.41) is 11.9. The van der Waals surface area contributed by atoms with E-state index in [1.807, 2.05) is 0 Å². The molecule has 2 rings (SSSR count). The largest absolute Gasteiger partial charge is 0.480 e. The highest BCUT2D eigenvalue weighted by Crippen LogP contribution is 2.34. The van der Waals surface area contributed by atoms with Crippen LogP contribution in [0.15, 0.2) is 0 Å². The topological polar surface area (TPSA) is 49.3 Å². The lowest BCUT2D eigenvalue weighted by atomic mass is 9.79. The predicted molar refractivity (Wildman–Crippen MR) is 61.4 cm³/mol. The minimum atomic E-state index is -0.767. The Bertz CT molecular complexity index is 256. The monoisotopic (exact) mass is 234 g/mol. The van der Waals surface area contributed by atoms with E-state index in [0.717, 1.165) is 25.7 Å². The fraction of sp³-hybridized carbons (Fsp3) is 0.909. The number of aliphatic carboxylic acids is 1. The van der Waals surface area contributed by atoms with Gasteiger partial charge in [-0.05, 0) is 24.8 Å². The van der Waals surface area contributed by atoms with E-state index in [1.54, 1.807) is 0 Å². The Morgan fingerprint density at radius 2 is 2.00 bits per heavy atom. The number of rotatable bonds is 2. The summed E-state index contributed by atoms with van der Waals surface area (Å²) in [4.78, 5) is 10.8. The van der Waals surface area contributed by atoms with Crippen molar-refractivity contribution in [3.8, 4) is 0 Å². The molecule has 0 amide bonds. The van der Waals surface area contributed by atoms with Gasteiger partial charge in [-0.15, -0.1) is 12.4 Å². The Balaban J connectivity index is 0.00000128. The Labute approximate surface area is 98.4 Å². The van der Waals surface area contributed by atoms with Crippen LogP contribution in [0.1, 0.15) is 39.9 Å². The predicted octanol–water partition coefficient (Wildman–Crippen LogP) is 2.05. The van der Waals surface area contributed by atoms with Crippen molar-refractivity contribution >= 4 is 18.4 Å². The van der Waals surface area contributed by atoms with E-state index < -0.39 is 12.0 Å². The van der Waals surface area contributed by atoms with Gasteiger partial charge in [0.2, 0.25) is 0 Å². The SMILES string of the molecule is Cl.[2H]C1([C@H]2CN[C@H](C(=O)O)C2)CCCCC1. The molecule has 0 radical (unpaired) electrons. The molecule has 15 heavy (non-hydrogen) atoms. The highest BCUT2D eigenvalue weighted by molar-refractivity contribution is 5.85. The van der Waals surface area contributed by atoms with Crippen LogP contribution in [0.3, 0.4) is 0 Å². The second kappa shape index (κ2) is 5.71. The van der Waals surface area contributed by atoms with E-state index in [-0.39, 0.29) is 24.2 Å². The minimum Gasteiger partial charge on any atom is -0.480 e. The maximum absolute atomic E-state index is 10.8. The fourth-order valence-corrected chi connectivity index (χ4v) is 2.65. The molecule has 2 atom stereocenters. The van der Waals surface area contributed by atoms with Gasteiger partial charge >= 0.3 is 5.97 Å². The van der Waals surface area contributed by atoms with Crippen LogP contribution in [-0.4, -0.2) is 23.7 Å². The van der Waals surface area contributed by atoms with E-state index in [0.29, 0.717) is 13.0 Å².